The van der Waals surface area contributed by atoms with Crippen LogP contribution in [0.3, 0.4) is 0 Å². The normalized spacial score (nSPS) is 11.9. The Morgan fingerprint density at radius 3 is 2.12 bits per heavy atom. The average molecular weight is 443 g/mol. The molecule has 0 radical (unpaired) electrons. The quantitative estimate of drug-likeness (QED) is 0.381. The second-order valence-electron chi connectivity index (χ2n) is 7.72. The van der Waals surface area contributed by atoms with Gasteiger partial charge in [-0.2, -0.15) is 0 Å². The fraction of sp³-hybridized carbons (Fsp3) is 0.185. The van der Waals surface area contributed by atoms with Crippen molar-refractivity contribution in [2.45, 2.75) is 18.6 Å². The van der Waals surface area contributed by atoms with Gasteiger partial charge >= 0.3 is 5.97 Å². The van der Waals surface area contributed by atoms with Crippen LogP contribution in [0.15, 0.2) is 91.1 Å². The van der Waals surface area contributed by atoms with Crippen LogP contribution < -0.4 is 5.32 Å². The third-order valence-corrected chi connectivity index (χ3v) is 5.51. The maximum absolute atomic E-state index is 12.8. The van der Waals surface area contributed by atoms with Crippen LogP contribution in [0, 0.1) is 0 Å². The number of carbonyl (C=O) groups excluding carboxylic acids is 2. The van der Waals surface area contributed by atoms with E-state index in [-0.39, 0.29) is 12.5 Å². The maximum atomic E-state index is 12.8. The molecule has 1 heterocycles. The van der Waals surface area contributed by atoms with Gasteiger partial charge in [-0.15, -0.1) is 0 Å². The Labute approximate surface area is 192 Å². The topological polar surface area (TPSA) is 80.4 Å². The van der Waals surface area contributed by atoms with Crippen molar-refractivity contribution in [3.05, 3.63) is 108 Å². The van der Waals surface area contributed by atoms with Crippen LogP contribution in [-0.2, 0) is 25.5 Å². The minimum atomic E-state index is -0.822. The zero-order chi connectivity index (χ0) is 23.0. The van der Waals surface area contributed by atoms with Crippen molar-refractivity contribution in [2.24, 2.45) is 0 Å². The van der Waals surface area contributed by atoms with E-state index in [9.17, 15) is 9.59 Å². The van der Waals surface area contributed by atoms with Crippen molar-refractivity contribution >= 4 is 22.8 Å². The molecule has 0 fully saturated rings. The molecule has 4 rings (SSSR count). The fourth-order valence-corrected chi connectivity index (χ4v) is 3.89. The van der Waals surface area contributed by atoms with Gasteiger partial charge in [0.05, 0.1) is 7.11 Å². The first-order valence-electron chi connectivity index (χ1n) is 10.8. The molecule has 6 heteroatoms. The van der Waals surface area contributed by atoms with Gasteiger partial charge in [-0.3, -0.25) is 4.79 Å². The summed E-state index contributed by atoms with van der Waals surface area (Å²) in [6.07, 6.45) is 1.76. The molecule has 0 aliphatic heterocycles. The number of amides is 1. The summed E-state index contributed by atoms with van der Waals surface area (Å²) in [5.41, 5.74) is 3.78. The first kappa shape index (κ1) is 22.3. The van der Waals surface area contributed by atoms with Gasteiger partial charge in [0.15, 0.2) is 0 Å². The van der Waals surface area contributed by atoms with Gasteiger partial charge in [0, 0.05) is 23.5 Å². The van der Waals surface area contributed by atoms with Gasteiger partial charge in [0.1, 0.15) is 18.8 Å². The fourth-order valence-electron chi connectivity index (χ4n) is 3.89. The summed E-state index contributed by atoms with van der Waals surface area (Å²) in [6.45, 7) is -0.199. The molecular formula is C27H26N2O4. The number of para-hydroxylation sites is 1. The summed E-state index contributed by atoms with van der Waals surface area (Å²) in [7, 11) is 1.31. The number of carbonyl (C=O) groups is 2. The Kier molecular flexibility index (Phi) is 7.17. The van der Waals surface area contributed by atoms with Crippen LogP contribution in [0.2, 0.25) is 0 Å². The first-order chi connectivity index (χ1) is 16.2. The van der Waals surface area contributed by atoms with E-state index in [0.29, 0.717) is 6.42 Å². The Morgan fingerprint density at radius 2 is 1.48 bits per heavy atom. The van der Waals surface area contributed by atoms with E-state index >= 15 is 0 Å². The van der Waals surface area contributed by atoms with Crippen LogP contribution in [-0.4, -0.2) is 36.6 Å². The number of rotatable bonds is 9. The second-order valence-corrected chi connectivity index (χ2v) is 7.72. The van der Waals surface area contributed by atoms with Crippen molar-refractivity contribution in [1.29, 1.82) is 0 Å². The first-order valence-corrected chi connectivity index (χ1v) is 10.8. The predicted octanol–water partition coefficient (Wildman–Crippen LogP) is 4.17. The molecule has 0 saturated heterocycles. The molecule has 33 heavy (non-hydrogen) atoms. The Balaban J connectivity index is 1.46. The monoisotopic (exact) mass is 442 g/mol. The van der Waals surface area contributed by atoms with E-state index in [1.54, 1.807) is 0 Å². The minimum Gasteiger partial charge on any atom is -0.467 e. The number of ether oxygens (including phenoxy) is 2. The number of H-pyrrole nitrogens is 1. The van der Waals surface area contributed by atoms with Gasteiger partial charge < -0.3 is 19.8 Å². The average Bonchev–Trinajstić information content (AvgIpc) is 3.27. The predicted molar refractivity (Wildman–Crippen MR) is 127 cm³/mol. The standard InChI is InChI=1S/C27H26N2O4/c1-32-27(31)24(16-21-17-28-23-15-9-8-14-22(21)23)29-25(30)18-33-26(19-10-4-2-5-11-19)20-12-6-3-7-13-20/h2-15,17,24,26,28H,16,18H2,1H3,(H,29,30). The number of hydrogen-bond acceptors (Lipinski definition) is 4. The van der Waals surface area contributed by atoms with Gasteiger partial charge in [-0.1, -0.05) is 78.9 Å². The molecule has 2 N–H and O–H groups in total. The molecule has 0 aliphatic rings. The molecule has 1 atom stereocenters. The molecule has 1 aromatic heterocycles. The summed E-state index contributed by atoms with van der Waals surface area (Å²) >= 11 is 0. The Morgan fingerprint density at radius 1 is 0.879 bits per heavy atom. The molecule has 0 aliphatic carbocycles. The number of nitrogens with one attached hydrogen (secondary N) is 2. The third kappa shape index (κ3) is 5.48. The lowest BCUT2D eigenvalue weighted by atomic mass is 10.0. The zero-order valence-corrected chi connectivity index (χ0v) is 18.4. The van der Waals surface area contributed by atoms with Gasteiger partial charge in [0.2, 0.25) is 5.91 Å². The van der Waals surface area contributed by atoms with Gasteiger partial charge in [-0.25, -0.2) is 4.79 Å². The van der Waals surface area contributed by atoms with Crippen LogP contribution >= 0.6 is 0 Å². The van der Waals surface area contributed by atoms with Crippen molar-refractivity contribution in [2.75, 3.05) is 13.7 Å². The van der Waals surface area contributed by atoms with E-state index in [0.717, 1.165) is 27.6 Å². The summed E-state index contributed by atoms with van der Waals surface area (Å²) in [5.74, 6) is -0.890. The van der Waals surface area contributed by atoms with E-state index in [1.807, 2.05) is 91.1 Å². The number of aromatic amines is 1. The minimum absolute atomic E-state index is 0.199. The molecule has 6 nitrogen and oxygen atoms in total. The molecule has 168 valence electrons. The van der Waals surface area contributed by atoms with E-state index < -0.39 is 18.1 Å². The highest BCUT2D eigenvalue weighted by atomic mass is 16.5. The highest BCUT2D eigenvalue weighted by molar-refractivity contribution is 5.87. The number of methoxy groups -OCH3 is 1. The number of fused-ring (bicyclic) bond motifs is 1. The lowest BCUT2D eigenvalue weighted by Crippen LogP contribution is -2.44. The van der Waals surface area contributed by atoms with E-state index in [1.165, 1.54) is 7.11 Å². The molecule has 0 saturated carbocycles. The van der Waals surface area contributed by atoms with Gasteiger partial charge in [0.25, 0.3) is 0 Å². The van der Waals surface area contributed by atoms with Crippen molar-refractivity contribution in [3.63, 3.8) is 0 Å². The van der Waals surface area contributed by atoms with Crippen LogP contribution in [0.25, 0.3) is 10.9 Å². The molecular weight excluding hydrogens is 416 g/mol. The number of benzene rings is 3. The molecule has 0 bridgehead atoms. The summed E-state index contributed by atoms with van der Waals surface area (Å²) < 4.78 is 11.0. The molecule has 3 aromatic carbocycles. The van der Waals surface area contributed by atoms with E-state index in [2.05, 4.69) is 10.3 Å². The zero-order valence-electron chi connectivity index (χ0n) is 18.4. The number of hydrogen-bond donors (Lipinski definition) is 2. The second kappa shape index (κ2) is 10.6. The third-order valence-electron chi connectivity index (χ3n) is 5.51. The van der Waals surface area contributed by atoms with Crippen molar-refractivity contribution in [3.8, 4) is 0 Å². The molecule has 0 spiro atoms. The largest absolute Gasteiger partial charge is 0.467 e. The maximum Gasteiger partial charge on any atom is 0.328 e. The molecule has 1 unspecified atom stereocenters. The van der Waals surface area contributed by atoms with Crippen molar-refractivity contribution < 1.29 is 19.1 Å². The van der Waals surface area contributed by atoms with Crippen LogP contribution in [0.5, 0.6) is 0 Å². The van der Waals surface area contributed by atoms with Crippen LogP contribution in [0.1, 0.15) is 22.8 Å². The molecule has 1 amide bonds. The number of aromatic nitrogens is 1. The lowest BCUT2D eigenvalue weighted by molar-refractivity contribution is -0.145. The lowest BCUT2D eigenvalue weighted by Gasteiger charge is -2.20. The van der Waals surface area contributed by atoms with Gasteiger partial charge in [-0.05, 0) is 22.8 Å². The summed E-state index contributed by atoms with van der Waals surface area (Å²) in [6, 6.07) is 26.4. The van der Waals surface area contributed by atoms with E-state index in [4.69, 9.17) is 9.47 Å². The highest BCUT2D eigenvalue weighted by Crippen LogP contribution is 2.25. The Hall–Kier alpha value is -3.90. The molecule has 4 aromatic rings. The number of esters is 1. The Bertz CT molecular complexity index is 1170. The summed E-state index contributed by atoms with van der Waals surface area (Å²) in [4.78, 5) is 28.4. The van der Waals surface area contributed by atoms with Crippen LogP contribution in [0.4, 0.5) is 0 Å². The smallest absolute Gasteiger partial charge is 0.328 e. The summed E-state index contributed by atoms with van der Waals surface area (Å²) in [5, 5.41) is 3.78. The highest BCUT2D eigenvalue weighted by Gasteiger charge is 2.24. The SMILES string of the molecule is COC(=O)C(Cc1c[nH]c2ccccc12)NC(=O)COC(c1ccccc1)c1ccccc1. The van der Waals surface area contributed by atoms with Crippen molar-refractivity contribution in [1.82, 2.24) is 10.3 Å².